The number of hydrogen-bond acceptors (Lipinski definition) is 2. The maximum atomic E-state index is 11.7. The third-order valence-corrected chi connectivity index (χ3v) is 2.25. The molecule has 3 heteroatoms. The molecule has 1 rings (SSSR count). The second-order valence-electron chi connectivity index (χ2n) is 3.13. The Labute approximate surface area is 101 Å². The highest BCUT2D eigenvalue weighted by Crippen LogP contribution is 2.19. The molecule has 0 amide bonds. The summed E-state index contributed by atoms with van der Waals surface area (Å²) in [7, 11) is 0. The average molecular weight is 238 g/mol. The van der Waals surface area contributed by atoms with Crippen LogP contribution in [-0.4, -0.2) is 12.6 Å². The van der Waals surface area contributed by atoms with Crippen molar-refractivity contribution >= 4 is 23.1 Å². The van der Waals surface area contributed by atoms with Gasteiger partial charge in [0.2, 0.25) is 0 Å². The van der Waals surface area contributed by atoms with Gasteiger partial charge in [0, 0.05) is 5.02 Å². The smallest absolute Gasteiger partial charge is 0.338 e. The molecule has 1 radical (unpaired) electrons. The van der Waals surface area contributed by atoms with Crippen molar-refractivity contribution in [3.63, 3.8) is 0 Å². The van der Waals surface area contributed by atoms with Crippen molar-refractivity contribution in [3.05, 3.63) is 47.9 Å². The van der Waals surface area contributed by atoms with E-state index in [0.29, 0.717) is 23.6 Å². The number of ether oxygens (including phenoxy) is 1. The molecule has 0 spiro atoms. The minimum atomic E-state index is -0.325. The van der Waals surface area contributed by atoms with Gasteiger partial charge in [-0.15, -0.1) is 0 Å². The number of carbonyl (C=O) groups excluding carboxylic acids is 1. The normalized spacial score (nSPS) is 11.3. The van der Waals surface area contributed by atoms with Crippen LogP contribution in [0.2, 0.25) is 5.02 Å². The van der Waals surface area contributed by atoms with Crippen LogP contribution in [0, 0.1) is 6.92 Å². The maximum Gasteiger partial charge on any atom is 0.338 e. The van der Waals surface area contributed by atoms with Crippen molar-refractivity contribution in [3.8, 4) is 0 Å². The molecule has 0 bridgehead atoms. The van der Waals surface area contributed by atoms with Gasteiger partial charge >= 0.3 is 5.97 Å². The largest absolute Gasteiger partial charge is 0.462 e. The Kier molecular flexibility index (Phi) is 5.06. The molecule has 0 heterocycles. The third kappa shape index (κ3) is 3.38. The molecule has 0 aromatic heterocycles. The van der Waals surface area contributed by atoms with Gasteiger partial charge in [-0.05, 0) is 38.0 Å². The summed E-state index contributed by atoms with van der Waals surface area (Å²) in [6.07, 6.45) is 2.29. The second-order valence-corrected chi connectivity index (χ2v) is 3.57. The first-order valence-electron chi connectivity index (χ1n) is 5.11. The van der Waals surface area contributed by atoms with Gasteiger partial charge < -0.3 is 4.74 Å². The van der Waals surface area contributed by atoms with E-state index in [1.165, 1.54) is 0 Å². The summed E-state index contributed by atoms with van der Waals surface area (Å²) in [5.41, 5.74) is 1.33. The summed E-state index contributed by atoms with van der Waals surface area (Å²) in [5.74, 6) is -0.325. The van der Waals surface area contributed by atoms with Crippen molar-refractivity contribution in [1.82, 2.24) is 0 Å². The van der Waals surface area contributed by atoms with Crippen LogP contribution in [0.25, 0.3) is 5.57 Å². The minimum absolute atomic E-state index is 0.325. The van der Waals surface area contributed by atoms with E-state index in [-0.39, 0.29) is 5.97 Å². The van der Waals surface area contributed by atoms with Crippen molar-refractivity contribution in [2.75, 3.05) is 6.61 Å². The van der Waals surface area contributed by atoms with E-state index < -0.39 is 0 Å². The Morgan fingerprint density at radius 1 is 1.44 bits per heavy atom. The predicted octanol–water partition coefficient (Wildman–Crippen LogP) is 3.51. The van der Waals surface area contributed by atoms with E-state index in [1.807, 2.05) is 0 Å². The predicted molar refractivity (Wildman–Crippen MR) is 66.0 cm³/mol. The zero-order valence-corrected chi connectivity index (χ0v) is 9.96. The first kappa shape index (κ1) is 12.8. The Bertz CT molecular complexity index is 379. The fourth-order valence-corrected chi connectivity index (χ4v) is 1.43. The third-order valence-electron chi connectivity index (χ3n) is 2.00. The molecule has 0 fully saturated rings. The zero-order chi connectivity index (χ0) is 12.0. The molecule has 0 aliphatic heterocycles. The number of rotatable bonds is 4. The lowest BCUT2D eigenvalue weighted by Gasteiger charge is -2.07. The topological polar surface area (TPSA) is 26.3 Å². The number of carbonyl (C=O) groups is 1. The molecule has 0 atom stereocenters. The average Bonchev–Trinajstić information content (AvgIpc) is 2.28. The Balaban J connectivity index is 2.99. The van der Waals surface area contributed by atoms with E-state index in [4.69, 9.17) is 16.3 Å². The SMILES string of the molecule is [CH2]CC=C(C(=O)OCC)c1ccc(Cl)cc1. The number of benzene rings is 1. The quantitative estimate of drug-likeness (QED) is 0.592. The van der Waals surface area contributed by atoms with Crippen LogP contribution in [0.4, 0.5) is 0 Å². The van der Waals surface area contributed by atoms with Gasteiger partial charge in [0.1, 0.15) is 0 Å². The molecule has 85 valence electrons. The van der Waals surface area contributed by atoms with Crippen LogP contribution in [-0.2, 0) is 9.53 Å². The van der Waals surface area contributed by atoms with E-state index >= 15 is 0 Å². The van der Waals surface area contributed by atoms with E-state index in [2.05, 4.69) is 6.92 Å². The van der Waals surface area contributed by atoms with Crippen molar-refractivity contribution in [2.24, 2.45) is 0 Å². The summed E-state index contributed by atoms with van der Waals surface area (Å²) in [4.78, 5) is 11.7. The molecule has 0 unspecified atom stereocenters. The number of esters is 1. The molecule has 1 aromatic carbocycles. The van der Waals surface area contributed by atoms with E-state index in [1.54, 1.807) is 37.3 Å². The fourth-order valence-electron chi connectivity index (χ4n) is 1.30. The summed E-state index contributed by atoms with van der Waals surface area (Å²) in [6.45, 7) is 5.84. The van der Waals surface area contributed by atoms with Gasteiger partial charge in [-0.2, -0.15) is 0 Å². The molecule has 0 saturated carbocycles. The monoisotopic (exact) mass is 237 g/mol. The van der Waals surface area contributed by atoms with Crippen LogP contribution in [0.3, 0.4) is 0 Å². The van der Waals surface area contributed by atoms with Crippen molar-refractivity contribution in [2.45, 2.75) is 13.3 Å². The van der Waals surface area contributed by atoms with Crippen LogP contribution in [0.1, 0.15) is 18.9 Å². The standard InChI is InChI=1S/C13H14ClO2/c1-3-5-12(13(15)16-4-2)10-6-8-11(14)9-7-10/h5-9H,1,3-4H2,2H3. The number of allylic oxidation sites excluding steroid dienone is 1. The summed E-state index contributed by atoms with van der Waals surface area (Å²) in [5, 5.41) is 0.640. The molecule has 0 saturated heterocycles. The molecule has 2 nitrogen and oxygen atoms in total. The maximum absolute atomic E-state index is 11.7. The van der Waals surface area contributed by atoms with Gasteiger partial charge in [-0.3, -0.25) is 0 Å². The van der Waals surface area contributed by atoms with Gasteiger partial charge in [0.15, 0.2) is 0 Å². The highest BCUT2D eigenvalue weighted by atomic mass is 35.5. The fraction of sp³-hybridized carbons (Fsp3) is 0.231. The van der Waals surface area contributed by atoms with Gasteiger partial charge in [-0.25, -0.2) is 4.79 Å². The number of halogens is 1. The Hall–Kier alpha value is -1.28. The van der Waals surface area contributed by atoms with Crippen molar-refractivity contribution < 1.29 is 9.53 Å². The lowest BCUT2D eigenvalue weighted by Crippen LogP contribution is -2.06. The van der Waals surface area contributed by atoms with Crippen LogP contribution in [0.15, 0.2) is 30.3 Å². The van der Waals surface area contributed by atoms with Gasteiger partial charge in [0.05, 0.1) is 12.2 Å². The molecular weight excluding hydrogens is 224 g/mol. The van der Waals surface area contributed by atoms with E-state index in [9.17, 15) is 4.79 Å². The Morgan fingerprint density at radius 2 is 2.06 bits per heavy atom. The first-order valence-corrected chi connectivity index (χ1v) is 5.49. The molecular formula is C13H14ClO2. The lowest BCUT2D eigenvalue weighted by atomic mass is 10.1. The minimum Gasteiger partial charge on any atom is -0.462 e. The molecule has 1 aromatic rings. The summed E-state index contributed by atoms with van der Waals surface area (Å²) >= 11 is 5.79. The van der Waals surface area contributed by atoms with Crippen LogP contribution >= 0.6 is 11.6 Å². The van der Waals surface area contributed by atoms with Crippen LogP contribution in [0.5, 0.6) is 0 Å². The zero-order valence-electron chi connectivity index (χ0n) is 9.20. The molecule has 0 N–H and O–H groups in total. The Morgan fingerprint density at radius 3 is 2.56 bits per heavy atom. The second kappa shape index (κ2) is 6.33. The van der Waals surface area contributed by atoms with Crippen LogP contribution < -0.4 is 0 Å². The van der Waals surface area contributed by atoms with Gasteiger partial charge in [-0.1, -0.05) is 29.8 Å². The summed E-state index contributed by atoms with van der Waals surface area (Å²) < 4.78 is 4.97. The molecule has 0 aliphatic rings. The van der Waals surface area contributed by atoms with Crippen molar-refractivity contribution in [1.29, 1.82) is 0 Å². The lowest BCUT2D eigenvalue weighted by molar-refractivity contribution is -0.136. The van der Waals surface area contributed by atoms with E-state index in [0.717, 1.165) is 5.56 Å². The number of hydrogen-bond donors (Lipinski definition) is 0. The van der Waals surface area contributed by atoms with Gasteiger partial charge in [0.25, 0.3) is 0 Å². The highest BCUT2D eigenvalue weighted by Gasteiger charge is 2.11. The summed E-state index contributed by atoms with van der Waals surface area (Å²) in [6, 6.07) is 7.07. The molecule has 0 aliphatic carbocycles. The first-order chi connectivity index (χ1) is 7.69. The highest BCUT2D eigenvalue weighted by molar-refractivity contribution is 6.30. The molecule has 16 heavy (non-hydrogen) atoms.